The van der Waals surface area contributed by atoms with Crippen LogP contribution in [0.3, 0.4) is 0 Å². The standard InChI is InChI=1S/2C48H40O4S2.C31H33O2S/c1-33-28-43(53(39-20-9-5-10-21-39)40-22-11-6-12-23-40)29-34(2)45(33)51-47(49)37-18-17-19-38(32-37)48(50)52-46-35(3)30-44(31-36(46)4)54(41-24-13-7-14-25-41)42-26-15-8-16-27-42;1-33-29-43(53(39-17-9-5-10-18-39)40-19-11-6-12-20-40)30-34(2)45(33)51-47(49)37-25-27-38(28-26-37)48(50)52-46-35(3)31-44(32-36(46)4)54(41-21-13-7-14-22-41)42-23-15-8-16-24-42;1-21-13-28(34(26-9-5-3-6-10-26)27-11-7-4-8-12-27)14-22(2)29(21)33-30(32)31-18-23-15-24(19-31)17-25(16-23)20-31/h2*5-32H,1-4H3;3-14,23-25H,15-20H2,1-2H3/q2*+2;+1. The second-order valence-electron chi connectivity index (χ2n) is 36.9. The Hall–Kier alpha value is -14.2. The average molecular weight is 1960 g/mol. The normalized spacial score (nSPS) is 14.9. The number of esters is 5. The van der Waals surface area contributed by atoms with Crippen molar-refractivity contribution in [3.63, 3.8) is 0 Å². The minimum atomic E-state index is -0.542. The van der Waals surface area contributed by atoms with Crippen molar-refractivity contribution in [2.75, 3.05) is 0 Å². The molecule has 0 radical (unpaired) electrons. The van der Waals surface area contributed by atoms with Gasteiger partial charge in [-0.25, -0.2) is 19.2 Å². The number of benzene rings is 17. The molecule has 0 saturated heterocycles. The van der Waals surface area contributed by atoms with E-state index in [1.807, 2.05) is 104 Å². The monoisotopic (exact) mass is 1960 g/mol. The van der Waals surface area contributed by atoms with Gasteiger partial charge < -0.3 is 23.7 Å². The molecule has 4 fully saturated rings. The van der Waals surface area contributed by atoms with Crippen LogP contribution in [0.5, 0.6) is 28.7 Å². The summed E-state index contributed by atoms with van der Waals surface area (Å²) in [6.07, 6.45) is 7.13. The van der Waals surface area contributed by atoms with E-state index in [1.54, 1.807) is 42.5 Å². The number of aryl methyl sites for hydroxylation is 10. The van der Waals surface area contributed by atoms with E-state index in [4.69, 9.17) is 23.7 Å². The Morgan fingerprint density at radius 2 is 0.352 bits per heavy atom. The molecule has 0 atom stereocenters. The summed E-state index contributed by atoms with van der Waals surface area (Å²) in [5, 5.41) is 0. The van der Waals surface area contributed by atoms with Crippen LogP contribution >= 0.6 is 0 Å². The highest BCUT2D eigenvalue weighted by molar-refractivity contribution is 7.98. The van der Waals surface area contributed by atoms with Gasteiger partial charge in [0.15, 0.2) is 73.4 Å². The van der Waals surface area contributed by atoms with Gasteiger partial charge in [0, 0.05) is 60.7 Å². The van der Waals surface area contributed by atoms with Crippen molar-refractivity contribution in [1.82, 2.24) is 0 Å². The molecule has 15 heteroatoms. The molecule has 0 aliphatic heterocycles. The van der Waals surface area contributed by atoms with E-state index in [0.717, 1.165) is 118 Å². The molecule has 0 unspecified atom stereocenters. The van der Waals surface area contributed by atoms with E-state index in [0.29, 0.717) is 34.1 Å². The van der Waals surface area contributed by atoms with Crippen LogP contribution in [0.1, 0.15) is 136 Å². The summed E-state index contributed by atoms with van der Waals surface area (Å²) in [5.74, 6) is 3.05. The maximum absolute atomic E-state index is 13.6. The molecule has 10 nitrogen and oxygen atoms in total. The summed E-state index contributed by atoms with van der Waals surface area (Å²) in [6.45, 7) is 19.9. The van der Waals surface area contributed by atoms with Gasteiger partial charge in [0.25, 0.3) is 0 Å². The number of hydrogen-bond acceptors (Lipinski definition) is 10. The highest BCUT2D eigenvalue weighted by atomic mass is 32.2. The molecule has 4 aliphatic rings. The Morgan fingerprint density at radius 1 is 0.190 bits per heavy atom. The lowest BCUT2D eigenvalue weighted by Crippen LogP contribution is -2.51. The second kappa shape index (κ2) is 44.8. The first-order chi connectivity index (χ1) is 69.0. The highest BCUT2D eigenvalue weighted by Gasteiger charge is 2.56. The van der Waals surface area contributed by atoms with E-state index in [1.165, 1.54) is 79.2 Å². The van der Waals surface area contributed by atoms with Crippen molar-refractivity contribution >= 4 is 84.3 Å². The molecule has 4 saturated carbocycles. The van der Waals surface area contributed by atoms with Gasteiger partial charge in [-0.2, -0.15) is 0 Å². The first-order valence-corrected chi connectivity index (χ1v) is 54.3. The van der Waals surface area contributed by atoms with Crippen LogP contribution in [0.2, 0.25) is 0 Å². The van der Waals surface area contributed by atoms with Gasteiger partial charge in [-0.1, -0.05) is 188 Å². The van der Waals surface area contributed by atoms with Crippen molar-refractivity contribution in [3.05, 3.63) is 490 Å². The molecule has 0 N–H and O–H groups in total. The zero-order valence-corrected chi connectivity index (χ0v) is 85.4. The highest BCUT2D eigenvalue weighted by Crippen LogP contribution is 2.61. The summed E-state index contributed by atoms with van der Waals surface area (Å²) in [6, 6.07) is 139. The third kappa shape index (κ3) is 22.6. The number of hydrogen-bond donors (Lipinski definition) is 0. The number of carbonyl (C=O) groups is 5. The van der Waals surface area contributed by atoms with Crippen LogP contribution in [0.25, 0.3) is 0 Å². The summed E-state index contributed by atoms with van der Waals surface area (Å²) >= 11 is 0. The van der Waals surface area contributed by atoms with E-state index >= 15 is 0 Å². The topological polar surface area (TPSA) is 132 Å². The molecule has 17 aromatic carbocycles. The van der Waals surface area contributed by atoms with Crippen molar-refractivity contribution in [3.8, 4) is 28.7 Å². The lowest BCUT2D eigenvalue weighted by atomic mass is 9.49. The van der Waals surface area contributed by atoms with Gasteiger partial charge in [-0.3, -0.25) is 4.79 Å². The van der Waals surface area contributed by atoms with Gasteiger partial charge in [-0.05, 0) is 345 Å². The molecule has 0 amide bonds. The van der Waals surface area contributed by atoms with Crippen LogP contribution < -0.4 is 23.7 Å². The molecule has 142 heavy (non-hydrogen) atoms. The Morgan fingerprint density at radius 3 is 0.528 bits per heavy atom. The number of ether oxygens (including phenoxy) is 5. The Balaban J connectivity index is 0.000000144. The minimum Gasteiger partial charge on any atom is -0.426 e. The van der Waals surface area contributed by atoms with Gasteiger partial charge in [-0.15, -0.1) is 0 Å². The lowest BCUT2D eigenvalue weighted by Gasteiger charge is -2.55. The summed E-state index contributed by atoms with van der Waals surface area (Å²) in [4.78, 5) is 85.7. The van der Waals surface area contributed by atoms with Crippen LogP contribution in [-0.4, -0.2) is 29.8 Å². The molecule has 17 aromatic rings. The maximum Gasteiger partial charge on any atom is 0.343 e. The van der Waals surface area contributed by atoms with Crippen LogP contribution in [0.4, 0.5) is 0 Å². The van der Waals surface area contributed by atoms with Gasteiger partial charge >= 0.3 is 29.8 Å². The Kier molecular flexibility index (Phi) is 30.9. The van der Waals surface area contributed by atoms with Gasteiger partial charge in [0.05, 0.1) is 82.1 Å². The largest absolute Gasteiger partial charge is 0.426 e. The average Bonchev–Trinajstić information content (AvgIpc) is 0.735. The zero-order valence-electron chi connectivity index (χ0n) is 81.4. The van der Waals surface area contributed by atoms with Crippen LogP contribution in [0.15, 0.2) is 486 Å². The van der Waals surface area contributed by atoms with Gasteiger partial charge in [0.1, 0.15) is 28.7 Å². The summed E-state index contributed by atoms with van der Waals surface area (Å²) in [5.41, 5.74) is 10.0. The fourth-order valence-electron chi connectivity index (χ4n) is 20.2. The lowest BCUT2D eigenvalue weighted by molar-refractivity contribution is -0.161. The van der Waals surface area contributed by atoms with E-state index in [-0.39, 0.29) is 77.0 Å². The molecule has 0 aromatic heterocycles. The first kappa shape index (κ1) is 98.0. The second-order valence-corrected chi connectivity index (χ2v) is 47.0. The van der Waals surface area contributed by atoms with Crippen molar-refractivity contribution in [2.45, 2.75) is 181 Å². The molecule has 0 spiro atoms. The third-order valence-electron chi connectivity index (χ3n) is 26.3. The summed E-state index contributed by atoms with van der Waals surface area (Å²) in [7, 11) is -1.52. The Bertz CT molecular complexity index is 6680. The summed E-state index contributed by atoms with van der Waals surface area (Å²) < 4.78 is 30.3. The number of rotatable bonds is 25. The van der Waals surface area contributed by atoms with Gasteiger partial charge in [0.2, 0.25) is 0 Å². The van der Waals surface area contributed by atoms with Crippen molar-refractivity contribution in [1.29, 1.82) is 0 Å². The first-order valence-electron chi connectivity index (χ1n) is 48.1. The smallest absolute Gasteiger partial charge is 0.343 e. The van der Waals surface area contributed by atoms with Crippen LogP contribution in [0, 0.1) is 92.4 Å². The fourth-order valence-corrected chi connectivity index (χ4v) is 31.6. The number of carbonyl (C=O) groups excluding carboxylic acids is 5. The molecule has 706 valence electrons. The zero-order chi connectivity index (χ0) is 98.5. The predicted molar refractivity (Wildman–Crippen MR) is 574 cm³/mol. The quantitative estimate of drug-likeness (QED) is 0.0309. The minimum absolute atomic E-state index is 0.0377. The molecule has 21 rings (SSSR count). The predicted octanol–water partition coefficient (Wildman–Crippen LogP) is 30.6. The molecule has 4 bridgehead atoms. The molecular formula is C127H113O10S5+5. The SMILES string of the molecule is Cc1cc([S+](c2ccccc2)c2ccccc2)cc(C)c1OC(=O)C12CC3CC(CC(C3)C1)C2.Cc1cc([S+](c2ccccc2)c2ccccc2)cc(C)c1OC(=O)c1ccc(C(=O)Oc2c(C)cc([S+](c3ccccc3)c3ccccc3)cc2C)cc1.Cc1cc([S+](c2ccccc2)c2ccccc2)cc(C)c1OC(=O)c1cccc(C(=O)Oc2c(C)cc([S+](c3ccccc3)c3ccccc3)cc2C)c1. The van der Waals surface area contributed by atoms with Crippen LogP contribution in [-0.2, 0) is 59.3 Å². The Labute approximate surface area is 848 Å². The molecule has 4 aliphatic carbocycles. The fraction of sp³-hybridized carbons (Fsp3) is 0.157. The third-order valence-corrected chi connectivity index (χ3v) is 37.2. The van der Waals surface area contributed by atoms with E-state index in [9.17, 15) is 24.0 Å². The van der Waals surface area contributed by atoms with E-state index in [2.05, 4.69) is 329 Å². The van der Waals surface area contributed by atoms with E-state index < -0.39 is 23.9 Å². The van der Waals surface area contributed by atoms with Crippen molar-refractivity contribution < 1.29 is 47.7 Å². The molecule has 0 heterocycles. The molecular weight excluding hydrogens is 1850 g/mol. The van der Waals surface area contributed by atoms with Crippen molar-refractivity contribution in [2.24, 2.45) is 23.2 Å². The maximum atomic E-state index is 13.6.